The first-order valence-electron chi connectivity index (χ1n) is 6.65. The van der Waals surface area contributed by atoms with E-state index < -0.39 is 20.7 Å². The van der Waals surface area contributed by atoms with Crippen LogP contribution in [0, 0.1) is 5.82 Å². The highest BCUT2D eigenvalue weighted by atomic mass is 32.2. The van der Waals surface area contributed by atoms with Gasteiger partial charge in [-0.25, -0.2) is 12.8 Å². The van der Waals surface area contributed by atoms with Crippen LogP contribution in [-0.4, -0.2) is 8.42 Å². The Kier molecular flexibility index (Phi) is 3.33. The van der Waals surface area contributed by atoms with Crippen LogP contribution in [0.4, 0.5) is 15.8 Å². The molecule has 0 spiro atoms. The normalized spacial score (nSPS) is 14.0. The zero-order valence-corrected chi connectivity index (χ0v) is 12.1. The molecule has 4 nitrogen and oxygen atoms in total. The Morgan fingerprint density at radius 1 is 1.05 bits per heavy atom. The van der Waals surface area contributed by atoms with Crippen molar-refractivity contribution in [3.63, 3.8) is 0 Å². The molecule has 21 heavy (non-hydrogen) atoms. The number of aryl methyl sites for hydroxylation is 2. The highest BCUT2D eigenvalue weighted by Gasteiger charge is 2.20. The summed E-state index contributed by atoms with van der Waals surface area (Å²) in [5.74, 6) is -0.821. The van der Waals surface area contributed by atoms with Gasteiger partial charge in [0, 0.05) is 11.4 Å². The van der Waals surface area contributed by atoms with Crippen LogP contribution in [0.2, 0.25) is 0 Å². The lowest BCUT2D eigenvalue weighted by molar-refractivity contribution is 0.570. The number of hydrogen-bond donors (Lipinski definition) is 2. The summed E-state index contributed by atoms with van der Waals surface area (Å²) in [7, 11) is -3.99. The van der Waals surface area contributed by atoms with Crippen molar-refractivity contribution in [1.29, 1.82) is 0 Å². The van der Waals surface area contributed by atoms with Gasteiger partial charge in [0.1, 0.15) is 10.7 Å². The Labute approximate surface area is 122 Å². The van der Waals surface area contributed by atoms with Crippen molar-refractivity contribution < 1.29 is 12.8 Å². The molecule has 3 rings (SSSR count). The minimum Gasteiger partial charge on any atom is -0.399 e. The van der Waals surface area contributed by atoms with E-state index in [2.05, 4.69) is 4.72 Å². The van der Waals surface area contributed by atoms with Crippen molar-refractivity contribution in [3.05, 3.63) is 53.3 Å². The second-order valence-corrected chi connectivity index (χ2v) is 6.78. The van der Waals surface area contributed by atoms with Crippen LogP contribution in [-0.2, 0) is 22.9 Å². The minimum atomic E-state index is -3.99. The molecule has 2 aromatic carbocycles. The highest BCUT2D eigenvalue weighted by Crippen LogP contribution is 2.27. The quantitative estimate of drug-likeness (QED) is 0.856. The van der Waals surface area contributed by atoms with Gasteiger partial charge in [0.2, 0.25) is 0 Å². The molecule has 0 unspecified atom stereocenters. The first-order chi connectivity index (χ1) is 9.95. The molecule has 0 heterocycles. The van der Waals surface area contributed by atoms with Crippen molar-refractivity contribution in [2.24, 2.45) is 0 Å². The molecular formula is C15H15FN2O2S. The number of fused-ring (bicyclic) bond motifs is 1. The van der Waals surface area contributed by atoms with E-state index in [1.54, 1.807) is 6.07 Å². The molecule has 0 aliphatic heterocycles. The van der Waals surface area contributed by atoms with Crippen molar-refractivity contribution in [3.8, 4) is 0 Å². The summed E-state index contributed by atoms with van der Waals surface area (Å²) in [6.07, 6.45) is 3.04. The molecule has 6 heteroatoms. The van der Waals surface area contributed by atoms with Crippen LogP contribution < -0.4 is 10.5 Å². The molecule has 0 bridgehead atoms. The number of halogens is 1. The molecule has 3 N–H and O–H groups in total. The fourth-order valence-corrected chi connectivity index (χ4v) is 3.73. The van der Waals surface area contributed by atoms with E-state index in [9.17, 15) is 12.8 Å². The van der Waals surface area contributed by atoms with Crippen LogP contribution in [0.25, 0.3) is 0 Å². The summed E-state index contributed by atoms with van der Waals surface area (Å²) >= 11 is 0. The zero-order chi connectivity index (χ0) is 15.0. The maximum absolute atomic E-state index is 13.7. The predicted molar refractivity (Wildman–Crippen MR) is 80.1 cm³/mol. The lowest BCUT2D eigenvalue weighted by Crippen LogP contribution is -2.15. The van der Waals surface area contributed by atoms with Gasteiger partial charge in [-0.15, -0.1) is 0 Å². The van der Waals surface area contributed by atoms with E-state index in [1.807, 2.05) is 12.1 Å². The molecule has 0 amide bonds. The number of nitrogens with one attached hydrogen (secondary N) is 1. The van der Waals surface area contributed by atoms with Gasteiger partial charge in [0.05, 0.1) is 0 Å². The summed E-state index contributed by atoms with van der Waals surface area (Å²) in [5.41, 5.74) is 8.56. The van der Waals surface area contributed by atoms with Gasteiger partial charge in [0.15, 0.2) is 0 Å². The second-order valence-electron chi connectivity index (χ2n) is 5.13. The fraction of sp³-hybridized carbons (Fsp3) is 0.200. The van der Waals surface area contributed by atoms with E-state index in [4.69, 9.17) is 5.73 Å². The minimum absolute atomic E-state index is 0.200. The first-order valence-corrected chi connectivity index (χ1v) is 8.14. The SMILES string of the molecule is Nc1ccc(F)c(S(=O)(=O)Nc2ccc3c(c2)CCC3)c1. The number of nitrogen functional groups attached to an aromatic ring is 1. The number of nitrogens with two attached hydrogens (primary N) is 1. The number of rotatable bonds is 3. The van der Waals surface area contributed by atoms with Gasteiger partial charge in [-0.05, 0) is 60.7 Å². The Bertz CT molecular complexity index is 803. The van der Waals surface area contributed by atoms with E-state index in [0.29, 0.717) is 5.69 Å². The Morgan fingerprint density at radius 2 is 1.81 bits per heavy atom. The molecule has 2 aromatic rings. The third kappa shape index (κ3) is 2.71. The first kappa shape index (κ1) is 13.9. The van der Waals surface area contributed by atoms with E-state index >= 15 is 0 Å². The standard InChI is InChI=1S/C15H15FN2O2S/c16-14-7-5-12(17)9-15(14)21(19,20)18-13-6-4-10-2-1-3-11(10)8-13/h4-9,18H,1-3,17H2. The van der Waals surface area contributed by atoms with Crippen molar-refractivity contribution in [2.75, 3.05) is 10.5 Å². The molecular weight excluding hydrogens is 291 g/mol. The molecule has 110 valence electrons. The summed E-state index contributed by atoms with van der Waals surface area (Å²) in [6.45, 7) is 0. The summed E-state index contributed by atoms with van der Waals surface area (Å²) in [6, 6.07) is 8.91. The largest absolute Gasteiger partial charge is 0.399 e. The third-order valence-electron chi connectivity index (χ3n) is 3.60. The van der Waals surface area contributed by atoms with Crippen molar-refractivity contribution in [1.82, 2.24) is 0 Å². The van der Waals surface area contributed by atoms with Crippen LogP contribution in [0.1, 0.15) is 17.5 Å². The molecule has 1 aliphatic rings. The number of anilines is 2. The van der Waals surface area contributed by atoms with Crippen molar-refractivity contribution in [2.45, 2.75) is 24.2 Å². The predicted octanol–water partition coefficient (Wildman–Crippen LogP) is 2.70. The highest BCUT2D eigenvalue weighted by molar-refractivity contribution is 7.92. The topological polar surface area (TPSA) is 72.2 Å². The Morgan fingerprint density at radius 3 is 2.62 bits per heavy atom. The third-order valence-corrected chi connectivity index (χ3v) is 4.99. The van der Waals surface area contributed by atoms with Gasteiger partial charge in [-0.3, -0.25) is 4.72 Å². The summed E-state index contributed by atoms with van der Waals surface area (Å²) in [4.78, 5) is -0.442. The van der Waals surface area contributed by atoms with Gasteiger partial charge in [-0.1, -0.05) is 6.07 Å². The van der Waals surface area contributed by atoms with Crippen LogP contribution in [0.3, 0.4) is 0 Å². The van der Waals surface area contributed by atoms with Gasteiger partial charge >= 0.3 is 0 Å². The van der Waals surface area contributed by atoms with Gasteiger partial charge in [-0.2, -0.15) is 0 Å². The van der Waals surface area contributed by atoms with Crippen LogP contribution in [0.15, 0.2) is 41.3 Å². The second kappa shape index (κ2) is 5.04. The maximum atomic E-state index is 13.7. The zero-order valence-electron chi connectivity index (χ0n) is 11.3. The van der Waals surface area contributed by atoms with Crippen molar-refractivity contribution >= 4 is 21.4 Å². The Balaban J connectivity index is 1.94. The summed E-state index contributed by atoms with van der Waals surface area (Å²) in [5, 5.41) is 0. The fourth-order valence-electron chi connectivity index (χ4n) is 2.57. The molecule has 0 radical (unpaired) electrons. The molecule has 0 saturated carbocycles. The molecule has 1 aliphatic carbocycles. The average molecular weight is 306 g/mol. The smallest absolute Gasteiger partial charge is 0.264 e. The maximum Gasteiger partial charge on any atom is 0.264 e. The van der Waals surface area contributed by atoms with E-state index in [0.717, 1.165) is 37.0 Å². The number of hydrogen-bond acceptors (Lipinski definition) is 3. The lowest BCUT2D eigenvalue weighted by atomic mass is 10.1. The number of sulfonamides is 1. The molecule has 0 fully saturated rings. The van der Waals surface area contributed by atoms with Gasteiger partial charge < -0.3 is 5.73 Å². The molecule has 0 aromatic heterocycles. The lowest BCUT2D eigenvalue weighted by Gasteiger charge is -2.11. The van der Waals surface area contributed by atoms with Gasteiger partial charge in [0.25, 0.3) is 10.0 Å². The number of benzene rings is 2. The summed E-state index contributed by atoms with van der Waals surface area (Å²) < 4.78 is 40.7. The average Bonchev–Trinajstić information content (AvgIpc) is 2.88. The molecule has 0 saturated heterocycles. The van der Waals surface area contributed by atoms with Crippen LogP contribution >= 0.6 is 0 Å². The van der Waals surface area contributed by atoms with E-state index in [-0.39, 0.29) is 5.69 Å². The van der Waals surface area contributed by atoms with Crippen LogP contribution in [0.5, 0.6) is 0 Å². The van der Waals surface area contributed by atoms with E-state index in [1.165, 1.54) is 11.6 Å². The monoisotopic (exact) mass is 306 g/mol. The molecule has 0 atom stereocenters. The Hall–Kier alpha value is -2.08.